The maximum Gasteiger partial charge on any atom is 0.307 e. The Labute approximate surface area is 129 Å². The van der Waals surface area contributed by atoms with E-state index in [0.717, 1.165) is 11.1 Å². The van der Waals surface area contributed by atoms with Crippen LogP contribution in [0.3, 0.4) is 0 Å². The van der Waals surface area contributed by atoms with Gasteiger partial charge < -0.3 is 9.47 Å². The Morgan fingerprint density at radius 2 is 2.00 bits per heavy atom. The lowest BCUT2D eigenvalue weighted by atomic mass is 9.73. The first kappa shape index (κ1) is 14.7. The molecule has 0 amide bonds. The highest BCUT2D eigenvalue weighted by Crippen LogP contribution is 2.49. The van der Waals surface area contributed by atoms with Gasteiger partial charge in [0.05, 0.1) is 6.61 Å². The zero-order valence-electron chi connectivity index (χ0n) is 12.7. The number of carbonyl (C=O) groups is 2. The number of carbonyl (C=O) groups excluding carboxylic acids is 2. The zero-order valence-corrected chi connectivity index (χ0v) is 12.7. The van der Waals surface area contributed by atoms with Crippen LogP contribution in [-0.4, -0.2) is 18.4 Å². The predicted molar refractivity (Wildman–Crippen MR) is 80.8 cm³/mol. The maximum atomic E-state index is 11.9. The van der Waals surface area contributed by atoms with Crippen molar-refractivity contribution >= 4 is 11.8 Å². The molecule has 4 nitrogen and oxygen atoms in total. The third-order valence-corrected chi connectivity index (χ3v) is 4.30. The Kier molecular flexibility index (Phi) is 3.71. The SMILES string of the molecule is CC(=O)O/C(C)=C1\CO[C@]2(c3ccccc3)C=CC(=O)C[C@H]12. The molecule has 0 radical (unpaired) electrons. The summed E-state index contributed by atoms with van der Waals surface area (Å²) in [4.78, 5) is 23.1. The van der Waals surface area contributed by atoms with Crippen LogP contribution in [0.2, 0.25) is 0 Å². The quantitative estimate of drug-likeness (QED) is 0.622. The highest BCUT2D eigenvalue weighted by molar-refractivity contribution is 5.91. The van der Waals surface area contributed by atoms with E-state index in [2.05, 4.69) is 0 Å². The van der Waals surface area contributed by atoms with Crippen molar-refractivity contribution in [3.05, 3.63) is 59.4 Å². The number of ether oxygens (including phenoxy) is 2. The summed E-state index contributed by atoms with van der Waals surface area (Å²) in [6.07, 6.45) is 3.79. The van der Waals surface area contributed by atoms with E-state index in [1.165, 1.54) is 6.92 Å². The lowest BCUT2D eigenvalue weighted by molar-refractivity contribution is -0.136. The molecule has 1 saturated heterocycles. The molecule has 1 heterocycles. The molecule has 1 aromatic rings. The van der Waals surface area contributed by atoms with E-state index in [1.807, 2.05) is 36.4 Å². The first-order chi connectivity index (χ1) is 10.5. The predicted octanol–water partition coefficient (Wildman–Crippen LogP) is 2.89. The lowest BCUT2D eigenvalue weighted by Crippen LogP contribution is -2.35. The number of hydrogen-bond donors (Lipinski definition) is 0. The van der Waals surface area contributed by atoms with Gasteiger partial charge >= 0.3 is 5.97 Å². The average molecular weight is 298 g/mol. The van der Waals surface area contributed by atoms with Gasteiger partial charge in [0.15, 0.2) is 5.78 Å². The first-order valence-electron chi connectivity index (χ1n) is 7.32. The normalized spacial score (nSPS) is 29.2. The third kappa shape index (κ3) is 2.40. The maximum absolute atomic E-state index is 11.9. The van der Waals surface area contributed by atoms with Crippen LogP contribution in [0.5, 0.6) is 0 Å². The Bertz CT molecular complexity index is 672. The van der Waals surface area contributed by atoms with Gasteiger partial charge in [0.25, 0.3) is 0 Å². The van der Waals surface area contributed by atoms with Crippen LogP contribution in [0.25, 0.3) is 0 Å². The second-order valence-electron chi connectivity index (χ2n) is 5.68. The molecule has 2 atom stereocenters. The van der Waals surface area contributed by atoms with Gasteiger partial charge in [-0.05, 0) is 24.6 Å². The Balaban J connectivity index is 2.08. The minimum Gasteiger partial charge on any atom is -0.432 e. The molecule has 1 fully saturated rings. The Morgan fingerprint density at radius 1 is 1.27 bits per heavy atom. The average Bonchev–Trinajstić information content (AvgIpc) is 2.87. The second-order valence-corrected chi connectivity index (χ2v) is 5.68. The summed E-state index contributed by atoms with van der Waals surface area (Å²) < 4.78 is 11.3. The highest BCUT2D eigenvalue weighted by Gasteiger charge is 2.50. The molecule has 1 aromatic carbocycles. The number of fused-ring (bicyclic) bond motifs is 1. The van der Waals surface area contributed by atoms with E-state index < -0.39 is 5.60 Å². The molecule has 0 unspecified atom stereocenters. The molecule has 0 N–H and O–H groups in total. The van der Waals surface area contributed by atoms with Crippen molar-refractivity contribution in [2.24, 2.45) is 5.92 Å². The largest absolute Gasteiger partial charge is 0.432 e. The van der Waals surface area contributed by atoms with Gasteiger partial charge in [0.2, 0.25) is 0 Å². The summed E-state index contributed by atoms with van der Waals surface area (Å²) in [6.45, 7) is 3.48. The van der Waals surface area contributed by atoms with Crippen LogP contribution < -0.4 is 0 Å². The fourth-order valence-corrected chi connectivity index (χ4v) is 3.29. The van der Waals surface area contributed by atoms with Crippen LogP contribution >= 0.6 is 0 Å². The minimum atomic E-state index is -0.647. The number of allylic oxidation sites excluding steroid dienone is 2. The molecule has 0 bridgehead atoms. The van der Waals surface area contributed by atoms with Crippen molar-refractivity contribution in [2.75, 3.05) is 6.61 Å². The fourth-order valence-electron chi connectivity index (χ4n) is 3.29. The lowest BCUT2D eigenvalue weighted by Gasteiger charge is -2.34. The molecule has 0 aromatic heterocycles. The van der Waals surface area contributed by atoms with Gasteiger partial charge in [0, 0.05) is 24.8 Å². The van der Waals surface area contributed by atoms with Crippen molar-refractivity contribution in [3.8, 4) is 0 Å². The smallest absolute Gasteiger partial charge is 0.307 e. The first-order valence-corrected chi connectivity index (χ1v) is 7.32. The van der Waals surface area contributed by atoms with Gasteiger partial charge in [-0.2, -0.15) is 0 Å². The molecule has 22 heavy (non-hydrogen) atoms. The van der Waals surface area contributed by atoms with E-state index in [-0.39, 0.29) is 17.7 Å². The molecule has 0 saturated carbocycles. The topological polar surface area (TPSA) is 52.6 Å². The van der Waals surface area contributed by atoms with Crippen molar-refractivity contribution < 1.29 is 19.1 Å². The van der Waals surface area contributed by atoms with Gasteiger partial charge in [0.1, 0.15) is 11.4 Å². The summed E-state index contributed by atoms with van der Waals surface area (Å²) in [6, 6.07) is 9.85. The van der Waals surface area contributed by atoms with Crippen LogP contribution in [0, 0.1) is 5.92 Å². The van der Waals surface area contributed by atoms with Gasteiger partial charge in [-0.25, -0.2) is 0 Å². The minimum absolute atomic E-state index is 0.0650. The third-order valence-electron chi connectivity index (χ3n) is 4.30. The summed E-state index contributed by atoms with van der Waals surface area (Å²) in [5, 5.41) is 0. The molecular formula is C18H18O4. The summed E-state index contributed by atoms with van der Waals surface area (Å²) >= 11 is 0. The van der Waals surface area contributed by atoms with E-state index in [9.17, 15) is 9.59 Å². The summed E-state index contributed by atoms with van der Waals surface area (Å²) in [5.74, 6) is 0.111. The Hall–Kier alpha value is -2.20. The highest BCUT2D eigenvalue weighted by atomic mass is 16.5. The van der Waals surface area contributed by atoms with Crippen LogP contribution in [-0.2, 0) is 24.7 Å². The standard InChI is InChI=1S/C18H18O4/c1-12(22-13(2)19)16-11-21-18(14-6-4-3-5-7-14)9-8-15(20)10-17(16)18/h3-9,17H,10-11H2,1-2H3/b16-12+/t17-,18+/m1/s1. The van der Waals surface area contributed by atoms with Gasteiger partial charge in [-0.3, -0.25) is 9.59 Å². The van der Waals surface area contributed by atoms with Gasteiger partial charge in [-0.1, -0.05) is 30.3 Å². The Morgan fingerprint density at radius 3 is 2.68 bits per heavy atom. The number of esters is 1. The van der Waals surface area contributed by atoms with E-state index >= 15 is 0 Å². The second kappa shape index (κ2) is 5.54. The molecule has 3 rings (SSSR count). The van der Waals surface area contributed by atoms with Crippen LogP contribution in [0.15, 0.2) is 53.8 Å². The van der Waals surface area contributed by atoms with E-state index in [0.29, 0.717) is 18.8 Å². The zero-order chi connectivity index (χ0) is 15.7. The molecular weight excluding hydrogens is 280 g/mol. The molecule has 0 spiro atoms. The molecule has 1 aliphatic carbocycles. The molecule has 2 aliphatic rings. The van der Waals surface area contributed by atoms with Crippen molar-refractivity contribution in [3.63, 3.8) is 0 Å². The van der Waals surface area contributed by atoms with E-state index in [1.54, 1.807) is 13.0 Å². The van der Waals surface area contributed by atoms with Crippen LogP contribution in [0.4, 0.5) is 0 Å². The van der Waals surface area contributed by atoms with Crippen molar-refractivity contribution in [1.82, 2.24) is 0 Å². The molecule has 1 aliphatic heterocycles. The van der Waals surface area contributed by atoms with Gasteiger partial charge in [-0.15, -0.1) is 0 Å². The monoisotopic (exact) mass is 298 g/mol. The summed E-state index contributed by atoms with van der Waals surface area (Å²) in [7, 11) is 0. The number of ketones is 1. The van der Waals surface area contributed by atoms with Crippen molar-refractivity contribution in [2.45, 2.75) is 25.9 Å². The van der Waals surface area contributed by atoms with E-state index in [4.69, 9.17) is 9.47 Å². The molecule has 114 valence electrons. The summed E-state index contributed by atoms with van der Waals surface area (Å²) in [5.41, 5.74) is 1.25. The number of benzene rings is 1. The molecule has 4 heteroatoms. The number of rotatable bonds is 2. The number of hydrogen-bond acceptors (Lipinski definition) is 4. The van der Waals surface area contributed by atoms with Crippen molar-refractivity contribution in [1.29, 1.82) is 0 Å². The van der Waals surface area contributed by atoms with Crippen LogP contribution in [0.1, 0.15) is 25.8 Å². The fraction of sp³-hybridized carbons (Fsp3) is 0.333.